The van der Waals surface area contributed by atoms with E-state index in [0.29, 0.717) is 23.9 Å². The van der Waals surface area contributed by atoms with Crippen molar-refractivity contribution in [1.29, 1.82) is 0 Å². The summed E-state index contributed by atoms with van der Waals surface area (Å²) in [5, 5.41) is 0.559. The van der Waals surface area contributed by atoms with Crippen LogP contribution in [0.25, 0.3) is 0 Å². The fraction of sp³-hybridized carbons (Fsp3) is 0.529. The van der Waals surface area contributed by atoms with Crippen LogP contribution in [0.1, 0.15) is 24.8 Å². The zero-order chi connectivity index (χ0) is 17.7. The Morgan fingerprint density at radius 1 is 1.46 bits per heavy atom. The number of carbonyl (C=O) groups is 2. The van der Waals surface area contributed by atoms with Crippen molar-refractivity contribution in [3.8, 4) is 0 Å². The summed E-state index contributed by atoms with van der Waals surface area (Å²) in [6, 6.07) is 7.63. The highest BCUT2D eigenvalue weighted by atomic mass is 35.5. The number of methoxy groups -OCH3 is 1. The highest BCUT2D eigenvalue weighted by molar-refractivity contribution is 8.00. The molecule has 0 aromatic heterocycles. The molecule has 1 heterocycles. The number of carbonyl (C=O) groups excluding carboxylic acids is 2. The number of ether oxygens (including phenoxy) is 1. The summed E-state index contributed by atoms with van der Waals surface area (Å²) in [5.74, 6) is 0.442. The molecule has 0 saturated carbocycles. The molecule has 2 amide bonds. The second-order valence-electron chi connectivity index (χ2n) is 5.89. The van der Waals surface area contributed by atoms with Gasteiger partial charge in [-0.3, -0.25) is 9.59 Å². The minimum atomic E-state index is -0.0993. The summed E-state index contributed by atoms with van der Waals surface area (Å²) < 4.78 is 4.94. The number of thioether (sulfide) groups is 1. The Morgan fingerprint density at radius 2 is 2.17 bits per heavy atom. The first kappa shape index (κ1) is 19.1. The SMILES string of the molecule is COCC(=O)N(CCN1C(=O)CSC1c1ccccc1Cl)C(C)C. The van der Waals surface area contributed by atoms with Crippen molar-refractivity contribution in [3.05, 3.63) is 34.9 Å². The molecule has 1 unspecified atom stereocenters. The van der Waals surface area contributed by atoms with Gasteiger partial charge in [0.2, 0.25) is 11.8 Å². The van der Waals surface area contributed by atoms with E-state index in [2.05, 4.69) is 0 Å². The molecule has 1 fully saturated rings. The largest absolute Gasteiger partial charge is 0.375 e. The van der Waals surface area contributed by atoms with Gasteiger partial charge in [-0.2, -0.15) is 0 Å². The second-order valence-corrected chi connectivity index (χ2v) is 7.36. The molecule has 24 heavy (non-hydrogen) atoms. The molecule has 1 atom stereocenters. The summed E-state index contributed by atoms with van der Waals surface area (Å²) in [6.45, 7) is 4.93. The van der Waals surface area contributed by atoms with Crippen LogP contribution in [0.2, 0.25) is 5.02 Å². The summed E-state index contributed by atoms with van der Waals surface area (Å²) in [5.41, 5.74) is 0.939. The van der Waals surface area contributed by atoms with E-state index in [4.69, 9.17) is 16.3 Å². The van der Waals surface area contributed by atoms with Gasteiger partial charge in [-0.1, -0.05) is 29.8 Å². The molecule has 132 valence electrons. The number of hydrogen-bond acceptors (Lipinski definition) is 4. The standard InChI is InChI=1S/C17H23ClN2O3S/c1-12(2)19(15(21)10-23-3)8-9-20-16(22)11-24-17(20)13-6-4-5-7-14(13)18/h4-7,12,17H,8-11H2,1-3H3. The van der Waals surface area contributed by atoms with Gasteiger partial charge in [-0.05, 0) is 19.9 Å². The Morgan fingerprint density at radius 3 is 2.79 bits per heavy atom. The number of amides is 2. The van der Waals surface area contributed by atoms with Crippen LogP contribution in [0.3, 0.4) is 0 Å². The Balaban J connectivity index is 2.09. The van der Waals surface area contributed by atoms with Gasteiger partial charge in [0.1, 0.15) is 12.0 Å². The van der Waals surface area contributed by atoms with Gasteiger partial charge in [0.15, 0.2) is 0 Å². The van der Waals surface area contributed by atoms with Crippen molar-refractivity contribution >= 4 is 35.2 Å². The lowest BCUT2D eigenvalue weighted by Crippen LogP contribution is -2.44. The van der Waals surface area contributed by atoms with Crippen LogP contribution in [0.5, 0.6) is 0 Å². The average Bonchev–Trinajstić information content (AvgIpc) is 2.89. The summed E-state index contributed by atoms with van der Waals surface area (Å²) in [4.78, 5) is 28.0. The van der Waals surface area contributed by atoms with Crippen LogP contribution >= 0.6 is 23.4 Å². The Kier molecular flexibility index (Phi) is 6.95. The van der Waals surface area contributed by atoms with Crippen molar-refractivity contribution in [2.75, 3.05) is 32.6 Å². The average molecular weight is 371 g/mol. The molecule has 1 aliphatic heterocycles. The number of nitrogens with zero attached hydrogens (tertiary/aromatic N) is 2. The Hall–Kier alpha value is -1.24. The highest BCUT2D eigenvalue weighted by Gasteiger charge is 2.34. The first-order chi connectivity index (χ1) is 11.5. The van der Waals surface area contributed by atoms with E-state index in [1.54, 1.807) is 21.6 Å². The van der Waals surface area contributed by atoms with Crippen LogP contribution in [0.15, 0.2) is 24.3 Å². The lowest BCUT2D eigenvalue weighted by Gasteiger charge is -2.31. The number of rotatable bonds is 7. The molecule has 2 rings (SSSR count). The van der Waals surface area contributed by atoms with Gasteiger partial charge in [-0.25, -0.2) is 0 Å². The maximum atomic E-state index is 12.3. The molecule has 1 aromatic carbocycles. The minimum Gasteiger partial charge on any atom is -0.375 e. The zero-order valence-electron chi connectivity index (χ0n) is 14.2. The van der Waals surface area contributed by atoms with Crippen LogP contribution < -0.4 is 0 Å². The van der Waals surface area contributed by atoms with Crippen LogP contribution in [-0.2, 0) is 14.3 Å². The maximum Gasteiger partial charge on any atom is 0.248 e. The minimum absolute atomic E-state index is 0.0504. The smallest absolute Gasteiger partial charge is 0.248 e. The third kappa shape index (κ3) is 4.43. The van der Waals surface area contributed by atoms with E-state index in [-0.39, 0.29) is 29.8 Å². The molecule has 0 radical (unpaired) electrons. The fourth-order valence-corrected chi connectivity index (χ4v) is 4.28. The highest BCUT2D eigenvalue weighted by Crippen LogP contribution is 2.41. The van der Waals surface area contributed by atoms with Gasteiger partial charge in [0.25, 0.3) is 0 Å². The van der Waals surface area contributed by atoms with Crippen molar-refractivity contribution < 1.29 is 14.3 Å². The normalized spacial score (nSPS) is 17.6. The summed E-state index contributed by atoms with van der Waals surface area (Å²) in [7, 11) is 1.50. The monoisotopic (exact) mass is 370 g/mol. The third-order valence-corrected chi connectivity index (χ3v) is 5.51. The molecule has 0 bridgehead atoms. The van der Waals surface area contributed by atoms with Crippen molar-refractivity contribution in [1.82, 2.24) is 9.80 Å². The van der Waals surface area contributed by atoms with Crippen molar-refractivity contribution in [3.63, 3.8) is 0 Å². The van der Waals surface area contributed by atoms with E-state index >= 15 is 0 Å². The topological polar surface area (TPSA) is 49.9 Å². The van der Waals surface area contributed by atoms with E-state index in [1.807, 2.05) is 38.1 Å². The van der Waals surface area contributed by atoms with E-state index in [1.165, 1.54) is 7.11 Å². The fourth-order valence-electron chi connectivity index (χ4n) is 2.72. The van der Waals surface area contributed by atoms with E-state index < -0.39 is 0 Å². The lowest BCUT2D eigenvalue weighted by atomic mass is 10.2. The van der Waals surface area contributed by atoms with Gasteiger partial charge in [0, 0.05) is 36.8 Å². The summed E-state index contributed by atoms with van der Waals surface area (Å²) >= 11 is 7.86. The molecule has 0 aliphatic carbocycles. The predicted octanol–water partition coefficient (Wildman–Crippen LogP) is 2.80. The summed E-state index contributed by atoms with van der Waals surface area (Å²) in [6.07, 6.45) is 0. The Bertz CT molecular complexity index is 597. The maximum absolute atomic E-state index is 12.3. The first-order valence-electron chi connectivity index (χ1n) is 7.89. The molecular formula is C17H23ClN2O3S. The lowest BCUT2D eigenvalue weighted by molar-refractivity contribution is -0.138. The number of hydrogen-bond donors (Lipinski definition) is 0. The molecule has 7 heteroatoms. The van der Waals surface area contributed by atoms with Crippen molar-refractivity contribution in [2.24, 2.45) is 0 Å². The predicted molar refractivity (Wildman–Crippen MR) is 97.1 cm³/mol. The van der Waals surface area contributed by atoms with Gasteiger partial charge in [-0.15, -0.1) is 11.8 Å². The van der Waals surface area contributed by atoms with Gasteiger partial charge >= 0.3 is 0 Å². The van der Waals surface area contributed by atoms with Crippen LogP contribution in [0.4, 0.5) is 0 Å². The van der Waals surface area contributed by atoms with E-state index in [0.717, 1.165) is 5.56 Å². The molecule has 1 aliphatic rings. The first-order valence-corrected chi connectivity index (χ1v) is 9.32. The van der Waals surface area contributed by atoms with Crippen molar-refractivity contribution in [2.45, 2.75) is 25.3 Å². The molecular weight excluding hydrogens is 348 g/mol. The quantitative estimate of drug-likeness (QED) is 0.740. The number of benzene rings is 1. The van der Waals surface area contributed by atoms with Crippen LogP contribution in [-0.4, -0.2) is 60.2 Å². The molecule has 5 nitrogen and oxygen atoms in total. The zero-order valence-corrected chi connectivity index (χ0v) is 15.8. The number of halogens is 1. The molecule has 1 aromatic rings. The molecule has 0 N–H and O–H groups in total. The third-order valence-electron chi connectivity index (χ3n) is 3.93. The molecule has 0 spiro atoms. The van der Waals surface area contributed by atoms with E-state index in [9.17, 15) is 9.59 Å². The van der Waals surface area contributed by atoms with Crippen LogP contribution in [0, 0.1) is 0 Å². The van der Waals surface area contributed by atoms with Gasteiger partial charge in [0.05, 0.1) is 5.75 Å². The van der Waals surface area contributed by atoms with Gasteiger partial charge < -0.3 is 14.5 Å². The Labute approximate surface area is 152 Å². The second kappa shape index (κ2) is 8.74. The molecule has 1 saturated heterocycles.